The zero-order valence-corrected chi connectivity index (χ0v) is 64.2. The Bertz CT molecular complexity index is 5710. The normalized spacial score (nSPS) is 19.8. The number of rotatable bonds is 16. The first-order valence-corrected chi connectivity index (χ1v) is 39.5. The van der Waals surface area contributed by atoms with Crippen LogP contribution in [0.5, 0.6) is 28.7 Å². The standard InChI is InChI=1S/C23H22N2O4.C23H20N2O3S.2C22H20N4O3/c1-14-9-10-19(22(26)24-14)25-12-18-17(23(25)27)6-4-8-21(18)28-13-16-11-15-5-2-3-7-20(15)29-16;1-14-9-10-19(22(26)24-14)25-11-18-17(23(25)27)6-4-7-20(18)28-12-15-13-29-21-8-3-2-5-16(15)21;1-14-8-9-18(21(27)23-14)26-12-17-16(22(26)28)5-4-6-19(17)29-13-15-11-25-10-3-2-7-20(25)24-15;1-14-5-7-18(21(27)24-14)26-12-17-16(22(26)28)3-2-4-19(17)29-13-15-6-8-20-23-9-10-25(20)11-15/h2-8,16,19H,1,9-13H2,(H,24,26);2-8,13,19H,1,9-12H2,(H,24,26);2-7,10-11,18H,1,8-9,12-13H2,(H,23,27);2-4,6,8-11,18H,1,5,7,12-13H2,(H,24,27). The number of fused-ring (bicyclic) bond motifs is 8. The Balaban J connectivity index is 0.000000111. The van der Waals surface area contributed by atoms with E-state index in [4.69, 9.17) is 23.7 Å². The van der Waals surface area contributed by atoms with Crippen molar-refractivity contribution in [3.63, 3.8) is 0 Å². The van der Waals surface area contributed by atoms with E-state index in [0.717, 1.165) is 62.5 Å². The van der Waals surface area contributed by atoms with Gasteiger partial charge in [0.25, 0.3) is 23.6 Å². The van der Waals surface area contributed by atoms with Crippen LogP contribution in [0.3, 0.4) is 0 Å². The van der Waals surface area contributed by atoms with Crippen molar-refractivity contribution in [2.24, 2.45) is 0 Å². The SMILES string of the molecule is C=C1CCC(N2Cc3c(OCC4Cc5ccccc5O4)cccc3C2=O)C(=O)N1.C=C1CCC(N2Cc3c(OCc4ccc5nccn5c4)cccc3C2=O)C(=O)N1.C=C1CCC(N2Cc3c(OCc4cn5ccccc5n4)cccc3C2=O)C(=O)N1.C=C1CCC(N2Cc3c(OCc4csc5ccccc45)cccc3C2=O)C(=O)N1. The number of aromatic nitrogens is 4. The molecule has 0 radical (unpaired) electrons. The summed E-state index contributed by atoms with van der Waals surface area (Å²) >= 11 is 1.70. The summed E-state index contributed by atoms with van der Waals surface area (Å²) in [5, 5.41) is 14.4. The van der Waals surface area contributed by atoms with Crippen LogP contribution < -0.4 is 45.0 Å². The van der Waals surface area contributed by atoms with Crippen LogP contribution in [0.1, 0.15) is 137 Å². The van der Waals surface area contributed by atoms with Crippen LogP contribution in [-0.2, 0) is 71.6 Å². The van der Waals surface area contributed by atoms with Crippen molar-refractivity contribution in [2.45, 2.75) is 134 Å². The molecule has 0 saturated carbocycles. The van der Waals surface area contributed by atoms with Gasteiger partial charge in [-0.05, 0) is 147 Å². The molecule has 5 unspecified atom stereocenters. The summed E-state index contributed by atoms with van der Waals surface area (Å²) in [4.78, 5) is 117. The van der Waals surface area contributed by atoms with Crippen LogP contribution in [-0.4, -0.2) is 123 Å². The number of thiophene rings is 1. The summed E-state index contributed by atoms with van der Waals surface area (Å²) in [6.45, 7) is 18.3. The van der Waals surface area contributed by atoms with Crippen LogP contribution in [0.25, 0.3) is 21.4 Å². The molecule has 9 aliphatic rings. The molecular formula is C90H82N12O13S. The second kappa shape index (κ2) is 32.1. The predicted octanol–water partition coefficient (Wildman–Crippen LogP) is 12.4. The fraction of sp³-hybridized carbons (Fsp3) is 0.244. The summed E-state index contributed by atoms with van der Waals surface area (Å²) in [6.07, 6.45) is 15.3. The summed E-state index contributed by atoms with van der Waals surface area (Å²) < 4.78 is 35.4. The molecule has 20 rings (SSSR count). The molecule has 4 N–H and O–H groups in total. The number of nitrogens with zero attached hydrogens (tertiary/aromatic N) is 8. The number of nitrogens with one attached hydrogen (secondary N) is 4. The van der Waals surface area contributed by atoms with Gasteiger partial charge in [0.2, 0.25) is 23.6 Å². The van der Waals surface area contributed by atoms with Gasteiger partial charge in [-0.25, -0.2) is 9.97 Å². The molecule has 14 heterocycles. The van der Waals surface area contributed by atoms with Crippen LogP contribution >= 0.6 is 11.3 Å². The number of ether oxygens (including phenoxy) is 5. The van der Waals surface area contributed by atoms with Crippen molar-refractivity contribution in [3.8, 4) is 28.7 Å². The van der Waals surface area contributed by atoms with Gasteiger partial charge in [-0.2, -0.15) is 0 Å². The molecule has 8 amide bonds. The van der Waals surface area contributed by atoms with Crippen molar-refractivity contribution in [2.75, 3.05) is 6.61 Å². The minimum atomic E-state index is -0.480. The van der Waals surface area contributed by atoms with Crippen molar-refractivity contribution in [3.05, 3.63) is 304 Å². The van der Waals surface area contributed by atoms with Gasteiger partial charge in [-0.1, -0.05) is 99.1 Å². The van der Waals surface area contributed by atoms with E-state index in [9.17, 15) is 38.4 Å². The van der Waals surface area contributed by atoms with E-state index in [2.05, 4.69) is 81.1 Å². The third-order valence-electron chi connectivity index (χ3n) is 22.3. The van der Waals surface area contributed by atoms with E-state index in [1.54, 1.807) is 55.3 Å². The number of carbonyl (C=O) groups is 8. The Labute approximate surface area is 671 Å². The molecule has 26 heteroatoms. The molecule has 0 aliphatic carbocycles. The van der Waals surface area contributed by atoms with E-state index < -0.39 is 24.2 Å². The quantitative estimate of drug-likeness (QED) is 0.0700. The lowest BCUT2D eigenvalue weighted by molar-refractivity contribution is -0.127. The average Bonchev–Trinajstić information content (AvgIpc) is 1.64. The highest BCUT2D eigenvalue weighted by atomic mass is 32.1. The molecule has 0 bridgehead atoms. The zero-order chi connectivity index (χ0) is 79.8. The fourth-order valence-electron chi connectivity index (χ4n) is 16.3. The maximum atomic E-state index is 13.0. The third-order valence-corrected chi connectivity index (χ3v) is 23.3. The van der Waals surface area contributed by atoms with Crippen LogP contribution in [0, 0.1) is 0 Å². The maximum absolute atomic E-state index is 13.0. The van der Waals surface area contributed by atoms with Gasteiger partial charge in [0.05, 0.1) is 31.9 Å². The number of piperidine rings is 4. The molecular weight excluding hydrogens is 1490 g/mol. The van der Waals surface area contributed by atoms with E-state index in [1.807, 2.05) is 149 Å². The van der Waals surface area contributed by atoms with Crippen molar-refractivity contribution >= 4 is 80.0 Å². The Morgan fingerprint density at radius 3 is 1.38 bits per heavy atom. The number of benzene rings is 6. The van der Waals surface area contributed by atoms with Crippen LogP contribution in [0.4, 0.5) is 0 Å². The molecule has 586 valence electrons. The van der Waals surface area contributed by atoms with Gasteiger partial charge >= 0.3 is 0 Å². The number of imidazole rings is 2. The monoisotopic (exact) mass is 1570 g/mol. The first-order chi connectivity index (χ1) is 56.4. The number of pyridine rings is 2. The highest BCUT2D eigenvalue weighted by Crippen LogP contribution is 2.41. The molecule has 25 nitrogen and oxygen atoms in total. The van der Waals surface area contributed by atoms with Gasteiger partial charge in [0.1, 0.15) is 96.7 Å². The molecule has 6 aromatic carbocycles. The molecule has 0 spiro atoms. The summed E-state index contributed by atoms with van der Waals surface area (Å²) in [5.74, 6) is 2.45. The molecule has 4 fully saturated rings. The highest BCUT2D eigenvalue weighted by Gasteiger charge is 2.44. The first kappa shape index (κ1) is 75.1. The number of hydrogen-bond acceptors (Lipinski definition) is 16. The Hall–Kier alpha value is -13.6. The Morgan fingerprint density at radius 2 is 0.888 bits per heavy atom. The fourth-order valence-corrected chi connectivity index (χ4v) is 17.3. The minimum absolute atomic E-state index is 0.0494. The molecule has 11 aromatic rings. The van der Waals surface area contributed by atoms with Crippen LogP contribution in [0.2, 0.25) is 0 Å². The highest BCUT2D eigenvalue weighted by molar-refractivity contribution is 7.17. The maximum Gasteiger partial charge on any atom is 0.255 e. The molecule has 9 aliphatic heterocycles. The van der Waals surface area contributed by atoms with E-state index in [1.165, 1.54) is 15.6 Å². The third kappa shape index (κ3) is 15.2. The van der Waals surface area contributed by atoms with E-state index in [-0.39, 0.29) is 53.4 Å². The largest absolute Gasteiger partial charge is 0.489 e. The zero-order valence-electron chi connectivity index (χ0n) is 63.4. The number of allylic oxidation sites excluding steroid dienone is 4. The number of para-hydroxylation sites is 1. The van der Waals surface area contributed by atoms with Gasteiger partial charge in [0.15, 0.2) is 0 Å². The summed E-state index contributed by atoms with van der Waals surface area (Å²) in [6, 6.07) is 46.1. The van der Waals surface area contributed by atoms with Crippen molar-refractivity contribution in [1.29, 1.82) is 0 Å². The molecule has 116 heavy (non-hydrogen) atoms. The smallest absolute Gasteiger partial charge is 0.255 e. The van der Waals surface area contributed by atoms with Crippen molar-refractivity contribution < 1.29 is 62.0 Å². The van der Waals surface area contributed by atoms with Crippen molar-refractivity contribution in [1.82, 2.24) is 59.6 Å². The Kier molecular flexibility index (Phi) is 20.8. The summed E-state index contributed by atoms with van der Waals surface area (Å²) in [5.41, 5.74) is 14.4. The Morgan fingerprint density at radius 1 is 0.440 bits per heavy atom. The van der Waals surface area contributed by atoms with Gasteiger partial charge < -0.3 is 73.4 Å². The number of carbonyl (C=O) groups excluding carboxylic acids is 8. The number of amides is 8. The van der Waals surface area contributed by atoms with Gasteiger partial charge in [-0.3, -0.25) is 38.4 Å². The average molecular weight is 1570 g/mol. The number of hydrogen-bond donors (Lipinski definition) is 4. The predicted molar refractivity (Wildman–Crippen MR) is 432 cm³/mol. The molecule has 5 atom stereocenters. The van der Waals surface area contributed by atoms with E-state index in [0.29, 0.717) is 172 Å². The second-order valence-corrected chi connectivity index (χ2v) is 30.8. The molecule has 4 saturated heterocycles. The topological polar surface area (TPSA) is 278 Å². The van der Waals surface area contributed by atoms with Gasteiger partial charge in [0, 0.05) is 121 Å². The first-order valence-electron chi connectivity index (χ1n) is 38.6. The second-order valence-electron chi connectivity index (χ2n) is 29.9. The van der Waals surface area contributed by atoms with E-state index >= 15 is 0 Å². The minimum Gasteiger partial charge on any atom is -0.489 e. The van der Waals surface area contributed by atoms with Crippen LogP contribution in [0.15, 0.2) is 237 Å². The lowest BCUT2D eigenvalue weighted by Crippen LogP contribution is -2.49. The van der Waals surface area contributed by atoms with Gasteiger partial charge in [-0.15, -0.1) is 11.3 Å². The molecule has 5 aromatic heterocycles. The summed E-state index contributed by atoms with van der Waals surface area (Å²) in [7, 11) is 0. The lowest BCUT2D eigenvalue weighted by Gasteiger charge is -2.31. The lowest BCUT2D eigenvalue weighted by atomic mass is 10.0.